The molecule has 0 spiro atoms. The fourth-order valence-electron chi connectivity index (χ4n) is 1.58. The van der Waals surface area contributed by atoms with Crippen molar-refractivity contribution in [1.29, 1.82) is 0 Å². The predicted molar refractivity (Wildman–Crippen MR) is 70.3 cm³/mol. The van der Waals surface area contributed by atoms with Crippen LogP contribution in [0, 0.1) is 0 Å². The van der Waals surface area contributed by atoms with Crippen LogP contribution < -0.4 is 16.2 Å². The number of furan rings is 1. The summed E-state index contributed by atoms with van der Waals surface area (Å²) in [6.07, 6.45) is 3.15. The Morgan fingerprint density at radius 1 is 1.56 bits per heavy atom. The molecular formula is C11H14ClN5O. The number of rotatable bonds is 5. The van der Waals surface area contributed by atoms with Crippen LogP contribution in [0.1, 0.15) is 12.7 Å². The van der Waals surface area contributed by atoms with Gasteiger partial charge in [0, 0.05) is 6.54 Å². The monoisotopic (exact) mass is 267 g/mol. The summed E-state index contributed by atoms with van der Waals surface area (Å²) < 4.78 is 5.32. The SMILES string of the molecule is CCN(Cc1ccco1)c1nc(NN)ncc1Cl. The van der Waals surface area contributed by atoms with E-state index in [4.69, 9.17) is 21.9 Å². The average molecular weight is 268 g/mol. The largest absolute Gasteiger partial charge is 0.467 e. The lowest BCUT2D eigenvalue weighted by Crippen LogP contribution is -2.24. The van der Waals surface area contributed by atoms with Gasteiger partial charge in [0.2, 0.25) is 5.95 Å². The lowest BCUT2D eigenvalue weighted by molar-refractivity contribution is 0.503. The molecule has 2 heterocycles. The van der Waals surface area contributed by atoms with E-state index in [2.05, 4.69) is 15.4 Å². The molecule has 0 unspecified atom stereocenters. The number of nitrogens with two attached hydrogens (primary N) is 1. The third kappa shape index (κ3) is 2.72. The fourth-order valence-corrected chi connectivity index (χ4v) is 1.79. The minimum Gasteiger partial charge on any atom is -0.467 e. The Bertz CT molecular complexity index is 502. The van der Waals surface area contributed by atoms with Crippen LogP contribution in [-0.4, -0.2) is 16.5 Å². The molecule has 3 N–H and O–H groups in total. The molecule has 0 aliphatic rings. The third-order valence-electron chi connectivity index (χ3n) is 2.46. The highest BCUT2D eigenvalue weighted by atomic mass is 35.5. The zero-order chi connectivity index (χ0) is 13.0. The van der Waals surface area contributed by atoms with Gasteiger partial charge in [-0.1, -0.05) is 11.6 Å². The van der Waals surface area contributed by atoms with E-state index in [1.807, 2.05) is 24.0 Å². The number of nitrogens with zero attached hydrogens (tertiary/aromatic N) is 3. The van der Waals surface area contributed by atoms with Gasteiger partial charge in [-0.2, -0.15) is 4.98 Å². The van der Waals surface area contributed by atoms with Gasteiger partial charge in [0.25, 0.3) is 0 Å². The van der Waals surface area contributed by atoms with Gasteiger partial charge in [-0.05, 0) is 19.1 Å². The Hall–Kier alpha value is -1.79. The number of nitrogen functional groups attached to an aromatic ring is 1. The van der Waals surface area contributed by atoms with Crippen molar-refractivity contribution in [3.63, 3.8) is 0 Å². The van der Waals surface area contributed by atoms with Gasteiger partial charge in [0.15, 0.2) is 5.82 Å². The summed E-state index contributed by atoms with van der Waals surface area (Å²) in [6, 6.07) is 3.75. The van der Waals surface area contributed by atoms with E-state index in [9.17, 15) is 0 Å². The van der Waals surface area contributed by atoms with Crippen molar-refractivity contribution in [2.75, 3.05) is 16.9 Å². The lowest BCUT2D eigenvalue weighted by Gasteiger charge is -2.21. The fraction of sp³-hybridized carbons (Fsp3) is 0.273. The number of halogens is 1. The summed E-state index contributed by atoms with van der Waals surface area (Å²) in [5.74, 6) is 7.08. The molecule has 0 aliphatic carbocycles. The standard InChI is InChI=1S/C11H14ClN5O/c1-2-17(7-8-4-3-5-18-8)10-9(12)6-14-11(15-10)16-13/h3-6H,2,7,13H2,1H3,(H,14,15,16). The van der Waals surface area contributed by atoms with Crippen LogP contribution >= 0.6 is 11.6 Å². The number of hydrazine groups is 1. The first-order valence-corrected chi connectivity index (χ1v) is 5.89. The lowest BCUT2D eigenvalue weighted by atomic mass is 10.4. The van der Waals surface area contributed by atoms with Crippen LogP contribution in [0.2, 0.25) is 5.02 Å². The highest BCUT2D eigenvalue weighted by Gasteiger charge is 2.13. The molecule has 2 rings (SSSR count). The Labute approximate surface area is 110 Å². The quantitative estimate of drug-likeness (QED) is 0.637. The molecule has 0 bridgehead atoms. The maximum Gasteiger partial charge on any atom is 0.239 e. The second kappa shape index (κ2) is 5.70. The van der Waals surface area contributed by atoms with Crippen molar-refractivity contribution in [2.45, 2.75) is 13.5 Å². The van der Waals surface area contributed by atoms with Crippen molar-refractivity contribution < 1.29 is 4.42 Å². The molecule has 2 aromatic rings. The molecule has 0 saturated carbocycles. The van der Waals surface area contributed by atoms with Crippen LogP contribution in [0.3, 0.4) is 0 Å². The second-order valence-electron chi connectivity index (χ2n) is 3.60. The molecule has 0 saturated heterocycles. The molecule has 0 aliphatic heterocycles. The molecule has 18 heavy (non-hydrogen) atoms. The Balaban J connectivity index is 2.26. The van der Waals surface area contributed by atoms with Gasteiger partial charge in [-0.3, -0.25) is 5.43 Å². The summed E-state index contributed by atoms with van der Waals surface area (Å²) in [4.78, 5) is 10.2. The van der Waals surface area contributed by atoms with Gasteiger partial charge in [-0.15, -0.1) is 0 Å². The van der Waals surface area contributed by atoms with Gasteiger partial charge in [-0.25, -0.2) is 10.8 Å². The normalized spacial score (nSPS) is 10.4. The molecule has 96 valence electrons. The van der Waals surface area contributed by atoms with Crippen LogP contribution in [0.4, 0.5) is 11.8 Å². The smallest absolute Gasteiger partial charge is 0.239 e. The van der Waals surface area contributed by atoms with Crippen LogP contribution in [0.25, 0.3) is 0 Å². The van der Waals surface area contributed by atoms with Crippen molar-refractivity contribution in [2.24, 2.45) is 5.84 Å². The minimum absolute atomic E-state index is 0.326. The summed E-state index contributed by atoms with van der Waals surface area (Å²) in [7, 11) is 0. The summed E-state index contributed by atoms with van der Waals surface area (Å²) >= 11 is 6.10. The van der Waals surface area contributed by atoms with Crippen LogP contribution in [0.15, 0.2) is 29.0 Å². The Morgan fingerprint density at radius 3 is 3.00 bits per heavy atom. The number of hydrogen-bond acceptors (Lipinski definition) is 6. The van der Waals surface area contributed by atoms with Gasteiger partial charge in [0.1, 0.15) is 10.8 Å². The molecule has 0 atom stereocenters. The van der Waals surface area contributed by atoms with E-state index in [1.165, 1.54) is 6.20 Å². The van der Waals surface area contributed by atoms with Crippen molar-refractivity contribution in [3.05, 3.63) is 35.4 Å². The van der Waals surface area contributed by atoms with Crippen LogP contribution in [0.5, 0.6) is 0 Å². The number of hydrogen-bond donors (Lipinski definition) is 2. The molecule has 0 radical (unpaired) electrons. The van der Waals surface area contributed by atoms with E-state index >= 15 is 0 Å². The molecule has 7 heteroatoms. The molecule has 2 aromatic heterocycles. The molecule has 0 amide bonds. The Morgan fingerprint density at radius 2 is 2.39 bits per heavy atom. The molecule has 6 nitrogen and oxygen atoms in total. The zero-order valence-corrected chi connectivity index (χ0v) is 10.7. The first-order valence-electron chi connectivity index (χ1n) is 5.51. The van der Waals surface area contributed by atoms with Crippen molar-refractivity contribution in [1.82, 2.24) is 9.97 Å². The average Bonchev–Trinajstić information content (AvgIpc) is 2.90. The van der Waals surface area contributed by atoms with E-state index in [0.29, 0.717) is 23.3 Å². The maximum absolute atomic E-state index is 6.10. The Kier molecular flexibility index (Phi) is 4.01. The van der Waals surface area contributed by atoms with Crippen molar-refractivity contribution in [3.8, 4) is 0 Å². The highest BCUT2D eigenvalue weighted by molar-refractivity contribution is 6.32. The van der Waals surface area contributed by atoms with E-state index < -0.39 is 0 Å². The van der Waals surface area contributed by atoms with Crippen molar-refractivity contribution >= 4 is 23.4 Å². The zero-order valence-electron chi connectivity index (χ0n) is 9.93. The first kappa shape index (κ1) is 12.7. The maximum atomic E-state index is 6.10. The number of aromatic nitrogens is 2. The number of anilines is 2. The van der Waals surface area contributed by atoms with Gasteiger partial charge in [0.05, 0.1) is 19.0 Å². The summed E-state index contributed by atoms with van der Waals surface area (Å²) in [6.45, 7) is 3.34. The minimum atomic E-state index is 0.326. The molecule has 0 aromatic carbocycles. The second-order valence-corrected chi connectivity index (χ2v) is 4.01. The van der Waals surface area contributed by atoms with E-state index in [-0.39, 0.29) is 0 Å². The highest BCUT2D eigenvalue weighted by Crippen LogP contribution is 2.24. The third-order valence-corrected chi connectivity index (χ3v) is 2.73. The summed E-state index contributed by atoms with van der Waals surface area (Å²) in [5, 5.41) is 0.474. The predicted octanol–water partition coefficient (Wildman–Crippen LogP) is 2.04. The van der Waals surface area contributed by atoms with E-state index in [1.54, 1.807) is 6.26 Å². The van der Waals surface area contributed by atoms with Gasteiger partial charge >= 0.3 is 0 Å². The van der Waals surface area contributed by atoms with E-state index in [0.717, 1.165) is 12.3 Å². The number of nitrogens with one attached hydrogen (secondary N) is 1. The molecular weight excluding hydrogens is 254 g/mol. The molecule has 0 fully saturated rings. The summed E-state index contributed by atoms with van der Waals surface area (Å²) in [5.41, 5.74) is 2.40. The first-order chi connectivity index (χ1) is 8.74. The van der Waals surface area contributed by atoms with Gasteiger partial charge < -0.3 is 9.32 Å². The topological polar surface area (TPSA) is 80.2 Å². The van der Waals surface area contributed by atoms with Crippen LogP contribution in [-0.2, 0) is 6.54 Å².